The zero-order valence-electron chi connectivity index (χ0n) is 16.8. The Morgan fingerprint density at radius 2 is 2.10 bits per heavy atom. The number of anilines is 2. The number of nitrogens with zero attached hydrogens (tertiary/aromatic N) is 3. The van der Waals surface area contributed by atoms with Crippen molar-refractivity contribution in [3.63, 3.8) is 0 Å². The van der Waals surface area contributed by atoms with Crippen molar-refractivity contribution >= 4 is 40.8 Å². The number of benzene rings is 1. The third-order valence-electron chi connectivity index (χ3n) is 5.19. The Hall–Kier alpha value is -2.66. The second-order valence-corrected chi connectivity index (χ2v) is 7.59. The quantitative estimate of drug-likeness (QED) is 0.469. The van der Waals surface area contributed by atoms with Gasteiger partial charge in [-0.15, -0.1) is 0 Å². The number of thiocarbonyl (C=S) groups is 1. The highest BCUT2D eigenvalue weighted by Gasteiger charge is 2.33. The molecule has 1 aromatic carbocycles. The Labute approximate surface area is 179 Å². The molecule has 1 amide bonds. The number of carbonyl (C=O) groups excluding carboxylic acids is 2. The Morgan fingerprint density at radius 3 is 2.73 bits per heavy atom. The van der Waals surface area contributed by atoms with Crippen molar-refractivity contribution in [1.29, 1.82) is 0 Å². The highest BCUT2D eigenvalue weighted by Crippen LogP contribution is 2.28. The van der Waals surface area contributed by atoms with Gasteiger partial charge < -0.3 is 25.4 Å². The number of amides is 1. The lowest BCUT2D eigenvalue weighted by Crippen LogP contribution is -2.47. The molecule has 3 rings (SSSR count). The molecule has 1 aromatic rings. The van der Waals surface area contributed by atoms with Crippen molar-refractivity contribution in [2.24, 2.45) is 5.73 Å². The molecule has 9 nitrogen and oxygen atoms in total. The maximum Gasteiger partial charge on any atom is 0.414 e. The van der Waals surface area contributed by atoms with Gasteiger partial charge in [0.25, 0.3) is 0 Å². The Bertz CT molecular complexity index is 803. The lowest BCUT2D eigenvalue weighted by atomic mass is 10.2. The minimum Gasteiger partial charge on any atom is -0.469 e. The van der Waals surface area contributed by atoms with E-state index in [1.807, 2.05) is 4.90 Å². The molecule has 1 atom stereocenters. The van der Waals surface area contributed by atoms with Gasteiger partial charge in [0.05, 0.1) is 38.0 Å². The van der Waals surface area contributed by atoms with Crippen LogP contribution in [0.15, 0.2) is 18.2 Å². The summed E-state index contributed by atoms with van der Waals surface area (Å²) in [6.45, 7) is 3.98. The molecule has 0 radical (unpaired) electrons. The molecule has 2 heterocycles. The van der Waals surface area contributed by atoms with Crippen LogP contribution in [0.4, 0.5) is 20.6 Å². The number of methoxy groups -OCH3 is 1. The molecule has 0 spiro atoms. The fraction of sp³-hybridized carbons (Fsp3) is 0.526. The summed E-state index contributed by atoms with van der Waals surface area (Å²) in [5, 5.41) is 2.89. The van der Waals surface area contributed by atoms with Gasteiger partial charge in [-0.1, -0.05) is 0 Å². The first-order valence-corrected chi connectivity index (χ1v) is 10.1. The van der Waals surface area contributed by atoms with Crippen LogP contribution < -0.4 is 20.9 Å². The maximum atomic E-state index is 14.8. The summed E-state index contributed by atoms with van der Waals surface area (Å²) in [6.07, 6.45) is -0.602. The van der Waals surface area contributed by atoms with Crippen molar-refractivity contribution < 1.29 is 23.5 Å². The summed E-state index contributed by atoms with van der Waals surface area (Å²) >= 11 is 4.75. The first kappa shape index (κ1) is 22.0. The molecule has 11 heteroatoms. The largest absolute Gasteiger partial charge is 0.469 e. The van der Waals surface area contributed by atoms with Crippen LogP contribution in [0.5, 0.6) is 0 Å². The number of hydrogen-bond acceptors (Lipinski definition) is 7. The average molecular weight is 440 g/mol. The number of cyclic esters (lactones) is 1. The van der Waals surface area contributed by atoms with E-state index in [-0.39, 0.29) is 17.6 Å². The lowest BCUT2D eigenvalue weighted by molar-refractivity contribution is -0.141. The molecule has 2 saturated heterocycles. The number of piperazine rings is 1. The van der Waals surface area contributed by atoms with E-state index in [1.54, 1.807) is 12.1 Å². The second kappa shape index (κ2) is 9.90. The smallest absolute Gasteiger partial charge is 0.414 e. The monoisotopic (exact) mass is 439 g/mol. The van der Waals surface area contributed by atoms with Crippen molar-refractivity contribution in [3.8, 4) is 0 Å². The van der Waals surface area contributed by atoms with Crippen LogP contribution >= 0.6 is 12.2 Å². The van der Waals surface area contributed by atoms with Crippen LogP contribution in [-0.2, 0) is 14.3 Å². The van der Waals surface area contributed by atoms with Gasteiger partial charge in [0.2, 0.25) is 0 Å². The van der Waals surface area contributed by atoms with Gasteiger partial charge >= 0.3 is 12.1 Å². The van der Waals surface area contributed by atoms with E-state index in [4.69, 9.17) is 22.7 Å². The summed E-state index contributed by atoms with van der Waals surface area (Å²) in [5.41, 5.74) is 6.32. The topological polar surface area (TPSA) is 100 Å². The second-order valence-electron chi connectivity index (χ2n) is 7.15. The normalized spacial score (nSPS) is 19.5. The third-order valence-corrected chi connectivity index (χ3v) is 5.34. The van der Waals surface area contributed by atoms with Crippen LogP contribution in [0.25, 0.3) is 0 Å². The van der Waals surface area contributed by atoms with E-state index < -0.39 is 18.0 Å². The SMILES string of the molecule is COC(=O)CCN1CCN(c2ccc(N3CC(CNC(N)=S)OC3=O)cc2F)CC1. The van der Waals surface area contributed by atoms with Gasteiger partial charge in [0.15, 0.2) is 5.11 Å². The lowest BCUT2D eigenvalue weighted by Gasteiger charge is -2.36. The zero-order valence-corrected chi connectivity index (χ0v) is 17.6. The molecule has 0 saturated carbocycles. The van der Waals surface area contributed by atoms with E-state index in [0.717, 1.165) is 13.1 Å². The van der Waals surface area contributed by atoms with Crippen molar-refractivity contribution in [2.45, 2.75) is 12.5 Å². The third kappa shape index (κ3) is 5.48. The molecule has 0 bridgehead atoms. The number of ether oxygens (including phenoxy) is 2. The Kier molecular flexibility index (Phi) is 7.27. The fourth-order valence-corrected chi connectivity index (χ4v) is 3.62. The molecule has 2 aliphatic rings. The van der Waals surface area contributed by atoms with E-state index in [2.05, 4.69) is 15.0 Å². The predicted molar refractivity (Wildman–Crippen MR) is 114 cm³/mol. The molecule has 164 valence electrons. The van der Waals surface area contributed by atoms with E-state index in [1.165, 1.54) is 18.1 Å². The van der Waals surface area contributed by atoms with Crippen LogP contribution in [0, 0.1) is 5.82 Å². The molecule has 2 aliphatic heterocycles. The summed E-state index contributed by atoms with van der Waals surface area (Å²) in [7, 11) is 1.38. The molecular weight excluding hydrogens is 413 g/mol. The van der Waals surface area contributed by atoms with Gasteiger partial charge in [0, 0.05) is 32.7 Å². The Balaban J connectivity index is 1.56. The summed E-state index contributed by atoms with van der Waals surface area (Å²) in [5.74, 6) is -0.628. The van der Waals surface area contributed by atoms with Gasteiger partial charge in [-0.25, -0.2) is 9.18 Å². The number of rotatable bonds is 7. The predicted octanol–water partition coefficient (Wildman–Crippen LogP) is 0.669. The van der Waals surface area contributed by atoms with Crippen molar-refractivity contribution in [1.82, 2.24) is 10.2 Å². The highest BCUT2D eigenvalue weighted by molar-refractivity contribution is 7.80. The molecule has 0 aliphatic carbocycles. The molecular formula is C19H26FN5O4S. The molecule has 3 N–H and O–H groups in total. The number of carbonyl (C=O) groups is 2. The minimum atomic E-state index is -0.531. The number of hydrogen-bond donors (Lipinski definition) is 2. The molecule has 30 heavy (non-hydrogen) atoms. The van der Waals surface area contributed by atoms with Crippen LogP contribution in [0.1, 0.15) is 6.42 Å². The van der Waals surface area contributed by atoms with Crippen LogP contribution in [0.3, 0.4) is 0 Å². The first-order chi connectivity index (χ1) is 14.4. The van der Waals surface area contributed by atoms with Crippen molar-refractivity contribution in [3.05, 3.63) is 24.0 Å². The first-order valence-electron chi connectivity index (χ1n) is 9.72. The zero-order chi connectivity index (χ0) is 21.7. The molecule has 1 unspecified atom stereocenters. The number of nitrogens with one attached hydrogen (secondary N) is 1. The van der Waals surface area contributed by atoms with E-state index >= 15 is 0 Å². The van der Waals surface area contributed by atoms with Crippen molar-refractivity contribution in [2.75, 3.05) is 62.7 Å². The highest BCUT2D eigenvalue weighted by atomic mass is 32.1. The molecule has 0 aromatic heterocycles. The van der Waals surface area contributed by atoms with Crippen LogP contribution in [-0.4, -0.2) is 81.1 Å². The summed E-state index contributed by atoms with van der Waals surface area (Å²) in [6, 6.07) is 4.75. The van der Waals surface area contributed by atoms with Gasteiger partial charge in [-0.3, -0.25) is 14.6 Å². The van der Waals surface area contributed by atoms with Gasteiger partial charge in [-0.05, 0) is 30.4 Å². The molecule has 2 fully saturated rings. The van der Waals surface area contributed by atoms with E-state index in [0.29, 0.717) is 44.0 Å². The average Bonchev–Trinajstić information content (AvgIpc) is 3.11. The minimum absolute atomic E-state index is 0.130. The number of esters is 1. The standard InChI is InChI=1S/C19H26FN5O4S/c1-28-17(26)4-5-23-6-8-24(9-7-23)16-3-2-13(10-15(16)20)25-12-14(29-19(25)27)11-22-18(21)30/h2-3,10,14H,4-9,11-12H2,1H3,(H3,21,22,30). The van der Waals surface area contributed by atoms with E-state index in [9.17, 15) is 14.0 Å². The number of halogens is 1. The number of nitrogens with two attached hydrogens (primary N) is 1. The fourth-order valence-electron chi connectivity index (χ4n) is 3.54. The maximum absolute atomic E-state index is 14.8. The Morgan fingerprint density at radius 1 is 1.37 bits per heavy atom. The van der Waals surface area contributed by atoms with Crippen LogP contribution in [0.2, 0.25) is 0 Å². The van der Waals surface area contributed by atoms with Gasteiger partial charge in [0.1, 0.15) is 11.9 Å². The van der Waals surface area contributed by atoms with Gasteiger partial charge in [-0.2, -0.15) is 0 Å². The summed E-state index contributed by atoms with van der Waals surface area (Å²) in [4.78, 5) is 28.9. The summed E-state index contributed by atoms with van der Waals surface area (Å²) < 4.78 is 24.7.